The molecule has 2 unspecified atom stereocenters. The zero-order valence-electron chi connectivity index (χ0n) is 24.8. The van der Waals surface area contributed by atoms with Crippen molar-refractivity contribution < 1.29 is 38.5 Å². The molecule has 2 saturated carbocycles. The van der Waals surface area contributed by atoms with Crippen molar-refractivity contribution in [2.24, 2.45) is 5.92 Å². The van der Waals surface area contributed by atoms with Gasteiger partial charge in [-0.05, 0) is 71.6 Å². The van der Waals surface area contributed by atoms with Gasteiger partial charge in [-0.1, -0.05) is 44.9 Å². The van der Waals surface area contributed by atoms with Gasteiger partial charge >= 0.3 is 18.2 Å². The zero-order valence-corrected chi connectivity index (χ0v) is 24.8. The van der Waals surface area contributed by atoms with E-state index in [1.165, 1.54) is 7.11 Å². The number of unbranched alkanes of at least 4 members (excludes halogenated alkanes) is 4. The number of amides is 3. The molecule has 230 valence electrons. The quantitative estimate of drug-likeness (QED) is 0.123. The summed E-state index contributed by atoms with van der Waals surface area (Å²) < 4.78 is 15.5. The van der Waals surface area contributed by atoms with Crippen LogP contribution in [0.2, 0.25) is 0 Å². The first-order valence-corrected chi connectivity index (χ1v) is 15.0. The highest BCUT2D eigenvalue weighted by molar-refractivity contribution is 5.82. The van der Waals surface area contributed by atoms with Gasteiger partial charge in [0.15, 0.2) is 6.10 Å². The SMILES string of the molecule is COC(=O)[C@H](CCCCCCCNC(=O)C(O)C(CC1CCC1)NC(=O)OC(C)(C)C)NC(=O)OC1CCCC1. The number of aliphatic hydroxyl groups excluding tert-OH is 1. The van der Waals surface area contributed by atoms with Gasteiger partial charge in [0.2, 0.25) is 0 Å². The molecule has 0 heterocycles. The van der Waals surface area contributed by atoms with Crippen molar-refractivity contribution in [3.63, 3.8) is 0 Å². The number of alkyl carbamates (subject to hydrolysis) is 2. The summed E-state index contributed by atoms with van der Waals surface area (Å²) >= 11 is 0. The number of carbonyl (C=O) groups is 4. The Hall–Kier alpha value is -2.56. The monoisotopic (exact) mass is 569 g/mol. The van der Waals surface area contributed by atoms with E-state index in [1.807, 2.05) is 0 Å². The number of methoxy groups -OCH3 is 1. The lowest BCUT2D eigenvalue weighted by molar-refractivity contribution is -0.143. The number of hydrogen-bond acceptors (Lipinski definition) is 8. The smallest absolute Gasteiger partial charge is 0.408 e. The first-order chi connectivity index (χ1) is 19.0. The van der Waals surface area contributed by atoms with Crippen LogP contribution in [0.5, 0.6) is 0 Å². The maximum absolute atomic E-state index is 12.6. The fourth-order valence-corrected chi connectivity index (χ4v) is 5.04. The molecule has 2 aliphatic rings. The van der Waals surface area contributed by atoms with Crippen molar-refractivity contribution in [1.82, 2.24) is 16.0 Å². The van der Waals surface area contributed by atoms with E-state index in [9.17, 15) is 24.3 Å². The topological polar surface area (TPSA) is 152 Å². The van der Waals surface area contributed by atoms with Gasteiger partial charge in [-0.2, -0.15) is 0 Å². The maximum Gasteiger partial charge on any atom is 0.408 e. The van der Waals surface area contributed by atoms with Crippen LogP contribution >= 0.6 is 0 Å². The second kappa shape index (κ2) is 17.3. The third-order valence-corrected chi connectivity index (χ3v) is 7.49. The lowest BCUT2D eigenvalue weighted by Crippen LogP contribution is -2.52. The van der Waals surface area contributed by atoms with Crippen LogP contribution < -0.4 is 16.0 Å². The van der Waals surface area contributed by atoms with Gasteiger partial charge in [0.05, 0.1) is 13.2 Å². The van der Waals surface area contributed by atoms with Crippen molar-refractivity contribution in [2.45, 2.75) is 141 Å². The Morgan fingerprint density at radius 3 is 2.12 bits per heavy atom. The normalized spacial score (nSPS) is 18.1. The molecule has 3 amide bonds. The van der Waals surface area contributed by atoms with Crippen LogP contribution in [0.25, 0.3) is 0 Å². The van der Waals surface area contributed by atoms with Crippen molar-refractivity contribution in [2.75, 3.05) is 13.7 Å². The summed E-state index contributed by atoms with van der Waals surface area (Å²) in [6.07, 6.45) is 9.43. The highest BCUT2D eigenvalue weighted by atomic mass is 16.6. The van der Waals surface area contributed by atoms with Crippen molar-refractivity contribution >= 4 is 24.1 Å². The van der Waals surface area contributed by atoms with Gasteiger partial charge in [0.25, 0.3) is 5.91 Å². The van der Waals surface area contributed by atoms with Gasteiger partial charge in [0, 0.05) is 6.54 Å². The van der Waals surface area contributed by atoms with Crippen LogP contribution in [0, 0.1) is 5.92 Å². The number of rotatable bonds is 16. The largest absolute Gasteiger partial charge is 0.467 e. The molecule has 4 N–H and O–H groups in total. The van der Waals surface area contributed by atoms with Gasteiger partial charge in [-0.25, -0.2) is 14.4 Å². The Kier molecular flexibility index (Phi) is 14.5. The average molecular weight is 570 g/mol. The van der Waals surface area contributed by atoms with E-state index >= 15 is 0 Å². The Morgan fingerprint density at radius 2 is 1.52 bits per heavy atom. The molecule has 0 radical (unpaired) electrons. The third kappa shape index (κ3) is 13.2. The Bertz CT molecular complexity index is 806. The Morgan fingerprint density at radius 1 is 0.875 bits per heavy atom. The third-order valence-electron chi connectivity index (χ3n) is 7.49. The second-order valence-electron chi connectivity index (χ2n) is 12.1. The lowest BCUT2D eigenvalue weighted by Gasteiger charge is -2.32. The number of aliphatic hydroxyl groups is 1. The minimum absolute atomic E-state index is 0.0743. The number of ether oxygens (including phenoxy) is 3. The second-order valence-corrected chi connectivity index (χ2v) is 12.1. The molecule has 40 heavy (non-hydrogen) atoms. The molecule has 11 nitrogen and oxygen atoms in total. The standard InChI is InChI=1S/C29H51N3O8/c1-29(2,3)40-28(37)32-23(19-20-13-12-14-20)24(33)25(34)30-18-11-7-5-6-8-17-22(26(35)38-4)31-27(36)39-21-15-9-10-16-21/h20-24,33H,5-19H2,1-4H3,(H,30,34)(H,31,36)(H,32,37)/t22-,23?,24?/m0/s1. The highest BCUT2D eigenvalue weighted by Gasteiger charge is 2.33. The van der Waals surface area contributed by atoms with Crippen molar-refractivity contribution in [3.8, 4) is 0 Å². The summed E-state index contributed by atoms with van der Waals surface area (Å²) in [5.74, 6) is -0.604. The molecule has 0 bridgehead atoms. The molecule has 0 aliphatic heterocycles. The summed E-state index contributed by atoms with van der Waals surface area (Å²) in [6, 6.07) is -1.44. The van der Waals surface area contributed by atoms with E-state index in [1.54, 1.807) is 20.8 Å². The molecule has 2 fully saturated rings. The summed E-state index contributed by atoms with van der Waals surface area (Å²) in [4.78, 5) is 49.1. The predicted molar refractivity (Wildman–Crippen MR) is 150 cm³/mol. The minimum Gasteiger partial charge on any atom is -0.467 e. The van der Waals surface area contributed by atoms with Crippen LogP contribution in [0.15, 0.2) is 0 Å². The first-order valence-electron chi connectivity index (χ1n) is 15.0. The van der Waals surface area contributed by atoms with E-state index in [0.717, 1.165) is 77.0 Å². The summed E-state index contributed by atoms with van der Waals surface area (Å²) in [5, 5.41) is 18.8. The van der Waals surface area contributed by atoms with Crippen LogP contribution in [-0.4, -0.2) is 72.7 Å². The summed E-state index contributed by atoms with van der Waals surface area (Å²) in [6.45, 7) is 5.70. The molecule has 2 rings (SSSR count). The van der Waals surface area contributed by atoms with E-state index < -0.39 is 47.9 Å². The van der Waals surface area contributed by atoms with Gasteiger partial charge in [-0.3, -0.25) is 4.79 Å². The van der Waals surface area contributed by atoms with E-state index in [2.05, 4.69) is 16.0 Å². The minimum atomic E-state index is -1.35. The molecule has 0 aromatic carbocycles. The molecule has 0 aromatic rings. The molecule has 2 aliphatic carbocycles. The fraction of sp³-hybridized carbons (Fsp3) is 0.862. The van der Waals surface area contributed by atoms with E-state index in [-0.39, 0.29) is 6.10 Å². The van der Waals surface area contributed by atoms with Crippen LogP contribution in [0.4, 0.5) is 9.59 Å². The van der Waals surface area contributed by atoms with Gasteiger partial charge in [0.1, 0.15) is 17.7 Å². The van der Waals surface area contributed by atoms with Crippen LogP contribution in [-0.2, 0) is 23.8 Å². The number of carbonyl (C=O) groups excluding carboxylic acids is 4. The Labute approximate surface area is 238 Å². The number of hydrogen-bond donors (Lipinski definition) is 4. The molecular weight excluding hydrogens is 518 g/mol. The summed E-state index contributed by atoms with van der Waals surface area (Å²) in [5.41, 5.74) is -0.671. The van der Waals surface area contributed by atoms with Crippen LogP contribution in [0.3, 0.4) is 0 Å². The highest BCUT2D eigenvalue weighted by Crippen LogP contribution is 2.31. The number of esters is 1. The molecule has 11 heteroatoms. The van der Waals surface area contributed by atoms with E-state index in [0.29, 0.717) is 25.3 Å². The predicted octanol–water partition coefficient (Wildman–Crippen LogP) is 4.10. The zero-order chi connectivity index (χ0) is 29.5. The molecule has 3 atom stereocenters. The van der Waals surface area contributed by atoms with Gasteiger partial charge in [-0.15, -0.1) is 0 Å². The molecule has 0 aromatic heterocycles. The van der Waals surface area contributed by atoms with Crippen molar-refractivity contribution in [3.05, 3.63) is 0 Å². The molecule has 0 saturated heterocycles. The van der Waals surface area contributed by atoms with E-state index in [4.69, 9.17) is 14.2 Å². The first kappa shape index (κ1) is 33.6. The number of nitrogens with one attached hydrogen (secondary N) is 3. The average Bonchev–Trinajstić information content (AvgIpc) is 3.36. The lowest BCUT2D eigenvalue weighted by atomic mass is 9.80. The molecular formula is C29H51N3O8. The van der Waals surface area contributed by atoms with Gasteiger partial charge < -0.3 is 35.3 Å². The van der Waals surface area contributed by atoms with Crippen molar-refractivity contribution in [1.29, 1.82) is 0 Å². The van der Waals surface area contributed by atoms with Crippen LogP contribution in [0.1, 0.15) is 111 Å². The molecule has 0 spiro atoms. The fourth-order valence-electron chi connectivity index (χ4n) is 5.04. The summed E-state index contributed by atoms with van der Waals surface area (Å²) in [7, 11) is 1.30. The Balaban J connectivity index is 1.64. The maximum atomic E-state index is 12.6.